The van der Waals surface area contributed by atoms with Gasteiger partial charge in [0.15, 0.2) is 5.78 Å². The first-order valence-electron chi connectivity index (χ1n) is 4.95. The Labute approximate surface area is 131 Å². The van der Waals surface area contributed by atoms with Crippen molar-refractivity contribution in [1.29, 1.82) is 0 Å². The van der Waals surface area contributed by atoms with Crippen molar-refractivity contribution in [2.45, 2.75) is 13.3 Å². The predicted octanol–water partition coefficient (Wildman–Crippen LogP) is 2.95. The Kier molecular flexibility index (Phi) is 7.03. The summed E-state index contributed by atoms with van der Waals surface area (Å²) < 4.78 is 5.41. The van der Waals surface area contributed by atoms with Gasteiger partial charge in [-0.2, -0.15) is 0 Å². The van der Waals surface area contributed by atoms with Crippen LogP contribution < -0.4 is 5.32 Å². The number of furan rings is 1. The smallest absolute Gasteiger partial charge is 0.181 e. The third-order valence-corrected chi connectivity index (χ3v) is 2.35. The van der Waals surface area contributed by atoms with Crippen molar-refractivity contribution in [1.82, 2.24) is 0 Å². The average Bonchev–Trinajstić information content (AvgIpc) is 2.68. The molecule has 93 valence electrons. The molecule has 1 aromatic heterocycles. The van der Waals surface area contributed by atoms with E-state index < -0.39 is 0 Å². The Hall–Kier alpha value is -0.996. The summed E-state index contributed by atoms with van der Waals surface area (Å²) in [6.07, 6.45) is 1.90. The molecule has 0 saturated carbocycles. The molecule has 0 aliphatic carbocycles. The summed E-state index contributed by atoms with van der Waals surface area (Å²) in [5.74, 6) is 0.0426. The molecule has 0 saturated heterocycles. The number of anilines is 1. The van der Waals surface area contributed by atoms with Crippen LogP contribution in [0.25, 0.3) is 11.0 Å². The molecular formula is C13H13NO3Y-2. The fourth-order valence-electron chi connectivity index (χ4n) is 1.58. The van der Waals surface area contributed by atoms with Crippen molar-refractivity contribution >= 4 is 28.8 Å². The molecule has 1 radical (unpaired) electrons. The molecule has 18 heavy (non-hydrogen) atoms. The second-order valence-electron chi connectivity index (χ2n) is 3.31. The molecule has 0 unspecified atom stereocenters. The summed E-state index contributed by atoms with van der Waals surface area (Å²) in [6, 6.07) is 7.15. The first kappa shape index (κ1) is 17.0. The Bertz CT molecular complexity index is 548. The number of benzene rings is 1. The minimum Gasteiger partial charge on any atom is -0.487 e. The fourth-order valence-corrected chi connectivity index (χ4v) is 1.58. The van der Waals surface area contributed by atoms with Crippen molar-refractivity contribution in [2.75, 3.05) is 5.32 Å². The molecule has 0 fully saturated rings. The van der Waals surface area contributed by atoms with Crippen LogP contribution in [0.5, 0.6) is 0 Å². The van der Waals surface area contributed by atoms with E-state index in [9.17, 15) is 9.59 Å². The third-order valence-electron chi connectivity index (χ3n) is 2.35. The Morgan fingerprint density at radius 3 is 2.67 bits per heavy atom. The maximum atomic E-state index is 11.6. The minimum absolute atomic E-state index is 0. The molecule has 1 N–H and O–H groups in total. The zero-order valence-corrected chi connectivity index (χ0v) is 13.2. The van der Waals surface area contributed by atoms with Crippen molar-refractivity contribution in [3.05, 3.63) is 37.5 Å². The van der Waals surface area contributed by atoms with Gasteiger partial charge in [-0.25, -0.2) is 0 Å². The van der Waals surface area contributed by atoms with Crippen LogP contribution >= 0.6 is 0 Å². The van der Waals surface area contributed by atoms with Crippen molar-refractivity contribution in [3.63, 3.8) is 0 Å². The molecule has 2 aromatic rings. The van der Waals surface area contributed by atoms with Crippen molar-refractivity contribution in [3.8, 4) is 0 Å². The molecule has 0 spiro atoms. The van der Waals surface area contributed by atoms with E-state index in [1.54, 1.807) is 31.5 Å². The second-order valence-corrected chi connectivity index (χ2v) is 3.31. The second kappa shape index (κ2) is 7.44. The maximum Gasteiger partial charge on any atom is 0.181 e. The van der Waals surface area contributed by atoms with E-state index in [1.807, 2.05) is 6.07 Å². The molecule has 1 heterocycles. The molecule has 0 aliphatic heterocycles. The standard InChI is InChI=1S/C12H10NO3.CH3.Y/c1-2-9(15)12-11(13-7-14)8-5-3-4-6-10(8)16-12;;/h3-6H,2H2,1H3,(H,13,14);1H3;/q2*-1;. The van der Waals surface area contributed by atoms with Crippen molar-refractivity contribution in [2.24, 2.45) is 0 Å². The third kappa shape index (κ3) is 3.06. The number of amides is 1. The normalized spacial score (nSPS) is 9.17. The summed E-state index contributed by atoms with van der Waals surface area (Å²) in [6.45, 7) is 1.74. The number of hydrogen-bond acceptors (Lipinski definition) is 3. The molecule has 5 heteroatoms. The van der Waals surface area contributed by atoms with Crippen LogP contribution in [-0.4, -0.2) is 12.2 Å². The van der Waals surface area contributed by atoms with E-state index in [2.05, 4.69) is 5.32 Å². The van der Waals surface area contributed by atoms with E-state index in [0.717, 1.165) is 0 Å². The van der Waals surface area contributed by atoms with E-state index in [4.69, 9.17) is 4.42 Å². The van der Waals surface area contributed by atoms with Gasteiger partial charge < -0.3 is 22.0 Å². The number of nitrogens with one attached hydrogen (secondary N) is 1. The summed E-state index contributed by atoms with van der Waals surface area (Å²) in [4.78, 5) is 22.0. The topological polar surface area (TPSA) is 59.3 Å². The predicted molar refractivity (Wildman–Crippen MR) is 66.6 cm³/mol. The summed E-state index contributed by atoms with van der Waals surface area (Å²) in [5.41, 5.74) is 0.981. The van der Waals surface area contributed by atoms with Crippen LogP contribution in [0.1, 0.15) is 23.9 Å². The average molecular weight is 320 g/mol. The SMILES string of the molecule is CCC(=O)c1oc2ccccc2c1N[C-]=O.[CH3-].[Y]. The van der Waals surface area contributed by atoms with Gasteiger partial charge in [0.25, 0.3) is 0 Å². The summed E-state index contributed by atoms with van der Waals surface area (Å²) >= 11 is 0. The molecule has 0 aliphatic rings. The van der Waals surface area contributed by atoms with Crippen LogP contribution in [0, 0.1) is 7.43 Å². The van der Waals surface area contributed by atoms with Gasteiger partial charge in [0.2, 0.25) is 0 Å². The zero-order chi connectivity index (χ0) is 11.5. The molecule has 0 bridgehead atoms. The van der Waals surface area contributed by atoms with Crippen LogP contribution in [0.4, 0.5) is 5.69 Å². The van der Waals surface area contributed by atoms with Gasteiger partial charge in [0.1, 0.15) is 11.3 Å². The Balaban J connectivity index is 0.00000144. The molecule has 1 aromatic carbocycles. The molecular weight excluding hydrogens is 307 g/mol. The monoisotopic (exact) mass is 320 g/mol. The number of carbonyl (C=O) groups is 1. The van der Waals surface area contributed by atoms with Gasteiger partial charge in [0.05, 0.1) is 6.41 Å². The summed E-state index contributed by atoms with van der Waals surface area (Å²) in [5, 5.41) is 3.11. The van der Waals surface area contributed by atoms with E-state index in [0.29, 0.717) is 23.1 Å². The van der Waals surface area contributed by atoms with E-state index >= 15 is 0 Å². The van der Waals surface area contributed by atoms with Crippen LogP contribution in [0.3, 0.4) is 0 Å². The maximum absolute atomic E-state index is 11.6. The number of carbonyl (C=O) groups excluding carboxylic acids is 2. The molecule has 2 rings (SSSR count). The van der Waals surface area contributed by atoms with Gasteiger partial charge in [-0.15, -0.1) is 0 Å². The fraction of sp³-hybridized carbons (Fsp3) is 0.154. The van der Waals surface area contributed by atoms with Gasteiger partial charge in [-0.05, 0) is 11.5 Å². The Morgan fingerprint density at radius 2 is 2.06 bits per heavy atom. The van der Waals surface area contributed by atoms with Crippen LogP contribution in [0.15, 0.2) is 28.7 Å². The van der Waals surface area contributed by atoms with Gasteiger partial charge in [-0.3, -0.25) is 4.79 Å². The minimum atomic E-state index is -0.144. The number of para-hydroxylation sites is 1. The molecule has 1 amide bonds. The number of hydrogen-bond donors (Lipinski definition) is 1. The van der Waals surface area contributed by atoms with Gasteiger partial charge >= 0.3 is 0 Å². The van der Waals surface area contributed by atoms with Crippen LogP contribution in [0.2, 0.25) is 0 Å². The largest absolute Gasteiger partial charge is 0.487 e. The van der Waals surface area contributed by atoms with Crippen LogP contribution in [-0.2, 0) is 37.5 Å². The van der Waals surface area contributed by atoms with E-state index in [-0.39, 0.29) is 51.7 Å². The van der Waals surface area contributed by atoms with Gasteiger partial charge in [-0.1, -0.05) is 30.8 Å². The first-order chi connectivity index (χ1) is 7.77. The number of ketones is 1. The van der Waals surface area contributed by atoms with Gasteiger partial charge in [0, 0.05) is 39.1 Å². The molecule has 0 atom stereocenters. The quantitative estimate of drug-likeness (QED) is 0.535. The number of Topliss-reactive ketones (excluding diaryl/α,β-unsaturated/α-hetero) is 1. The number of rotatable bonds is 4. The first-order valence-corrected chi connectivity index (χ1v) is 4.95. The van der Waals surface area contributed by atoms with Crippen molar-refractivity contribution < 1.29 is 46.7 Å². The summed E-state index contributed by atoms with van der Waals surface area (Å²) in [7, 11) is 0. The Morgan fingerprint density at radius 1 is 1.39 bits per heavy atom. The zero-order valence-electron chi connectivity index (χ0n) is 10.3. The number of fused-ring (bicyclic) bond motifs is 1. The molecule has 4 nitrogen and oxygen atoms in total. The van der Waals surface area contributed by atoms with E-state index in [1.165, 1.54) is 0 Å².